The lowest BCUT2D eigenvalue weighted by Crippen LogP contribution is -2.27. The molecule has 0 amide bonds. The summed E-state index contributed by atoms with van der Waals surface area (Å²) >= 11 is 0. The minimum atomic E-state index is -0.202. The van der Waals surface area contributed by atoms with Gasteiger partial charge in [0.05, 0.1) is 27.9 Å². The molecule has 0 aromatic heterocycles. The van der Waals surface area contributed by atoms with Gasteiger partial charge in [-0.3, -0.25) is 0 Å². The Labute approximate surface area is 807 Å². The zero-order chi connectivity index (χ0) is 104. The van der Waals surface area contributed by atoms with Crippen molar-refractivity contribution in [2.75, 3.05) is 27.9 Å². The van der Waals surface area contributed by atoms with Crippen LogP contribution in [-0.4, -0.2) is 125 Å². The van der Waals surface area contributed by atoms with Crippen molar-refractivity contribution < 1.29 is 116 Å². The van der Waals surface area contributed by atoms with Crippen LogP contribution in [0.15, 0.2) is 243 Å². The van der Waals surface area contributed by atoms with Gasteiger partial charge in [0.15, 0.2) is 57.5 Å². The molecular weight excluding hydrogens is 1730 g/mol. The van der Waals surface area contributed by atoms with Gasteiger partial charge in [-0.05, 0) is 290 Å². The Bertz CT molecular complexity index is 5230. The SMILES string of the molecule is CC(C)(C)CC(C)(C)c1cc(O)c(C(C)(C)CC(C)(C)C)cc1O.CC(C)(C)c1cc(O)ccc1O.CCCC(C)(C)c1cc(O)c(C(C)(C)CCC)cc1O.CCOc1ccccc1O.COc1ccc(O)cc1.COc1ccccc1C.COc1ccccc1O.Cc1cc(O)ccc1O.Cc1ccc(O)c(O)c1.Cc1cccc(O)c1O.Oc1ccc(O)cc1.Oc1ccccc1O. The van der Waals surface area contributed by atoms with E-state index >= 15 is 0 Å². The molecule has 0 heterocycles. The van der Waals surface area contributed by atoms with Gasteiger partial charge in [-0.1, -0.05) is 217 Å². The van der Waals surface area contributed by atoms with E-state index in [2.05, 4.69) is 111 Å². The molecule has 23 heteroatoms. The molecule has 0 aliphatic rings. The summed E-state index contributed by atoms with van der Waals surface area (Å²) in [6.45, 7) is 50.2. The molecule has 19 N–H and O–H groups in total. The van der Waals surface area contributed by atoms with Crippen LogP contribution in [0.1, 0.15) is 227 Å². The van der Waals surface area contributed by atoms with Crippen LogP contribution >= 0.6 is 0 Å². The highest BCUT2D eigenvalue weighted by Gasteiger charge is 2.35. The van der Waals surface area contributed by atoms with Crippen molar-refractivity contribution in [3.8, 4) is 132 Å². The Morgan fingerprint density at radius 2 is 0.559 bits per heavy atom. The molecule has 12 aromatic rings. The largest absolute Gasteiger partial charge is 0.508 e. The zero-order valence-corrected chi connectivity index (χ0v) is 84.7. The van der Waals surface area contributed by atoms with Gasteiger partial charge in [-0.2, -0.15) is 0 Å². The summed E-state index contributed by atoms with van der Waals surface area (Å²) in [5, 5.41) is 176. The highest BCUT2D eigenvalue weighted by atomic mass is 16.5. The van der Waals surface area contributed by atoms with Gasteiger partial charge in [0.1, 0.15) is 74.7 Å². The van der Waals surface area contributed by atoms with Crippen LogP contribution in [0.2, 0.25) is 0 Å². The lowest BCUT2D eigenvalue weighted by Gasteiger charge is -2.36. The molecule has 0 fully saturated rings. The Kier molecular flexibility index (Phi) is 50.2. The highest BCUT2D eigenvalue weighted by Crippen LogP contribution is 2.48. The summed E-state index contributed by atoms with van der Waals surface area (Å²) < 4.78 is 19.8. The van der Waals surface area contributed by atoms with Crippen LogP contribution in [0.5, 0.6) is 132 Å². The fourth-order valence-corrected chi connectivity index (χ4v) is 14.4. The lowest BCUT2D eigenvalue weighted by molar-refractivity contribution is 0.270. The van der Waals surface area contributed by atoms with E-state index in [1.165, 1.54) is 97.6 Å². The number of ether oxygens (including phenoxy) is 4. The summed E-state index contributed by atoms with van der Waals surface area (Å²) in [6, 6.07) is 65.8. The molecule has 136 heavy (non-hydrogen) atoms. The number of benzene rings is 12. The van der Waals surface area contributed by atoms with E-state index in [1.54, 1.807) is 155 Å². The first-order chi connectivity index (χ1) is 63.1. The Hall–Kier alpha value is -14.0. The third-order valence-corrected chi connectivity index (χ3v) is 20.5. The van der Waals surface area contributed by atoms with Gasteiger partial charge in [0.25, 0.3) is 0 Å². The van der Waals surface area contributed by atoms with E-state index in [4.69, 9.17) is 85.3 Å². The average molecular weight is 1880 g/mol. The quantitative estimate of drug-likeness (QED) is 0.0335. The minimum Gasteiger partial charge on any atom is -0.508 e. The molecule has 0 unspecified atom stereocenters. The monoisotopic (exact) mass is 1880 g/mol. The molecule has 0 saturated carbocycles. The van der Waals surface area contributed by atoms with E-state index < -0.39 is 0 Å². The first kappa shape index (κ1) is 120. The number of aromatic hydroxyl groups is 19. The number of para-hydroxylation sites is 8. The summed E-state index contributed by atoms with van der Waals surface area (Å²) in [4.78, 5) is 0. The van der Waals surface area contributed by atoms with Crippen LogP contribution in [0.25, 0.3) is 0 Å². The summed E-state index contributed by atoms with van der Waals surface area (Å²) in [6.07, 6.45) is 5.93. The molecule has 0 saturated heterocycles. The number of hydrogen-bond donors (Lipinski definition) is 19. The summed E-state index contributed by atoms with van der Waals surface area (Å²) in [5.74, 6) is 5.40. The molecule has 12 rings (SSSR count). The molecule has 0 atom stereocenters. The van der Waals surface area contributed by atoms with Crippen molar-refractivity contribution in [1.29, 1.82) is 0 Å². The molecule has 0 bridgehead atoms. The molecule has 0 aliphatic heterocycles. The average Bonchev–Trinajstić information content (AvgIpc) is 0.769. The smallest absolute Gasteiger partial charge is 0.160 e. The van der Waals surface area contributed by atoms with Gasteiger partial charge in [0.2, 0.25) is 0 Å². The predicted octanol–water partition coefficient (Wildman–Crippen LogP) is 27.2. The lowest BCUT2D eigenvalue weighted by atomic mass is 9.69. The topological polar surface area (TPSA) is 421 Å². The van der Waals surface area contributed by atoms with Gasteiger partial charge in [-0.25, -0.2) is 0 Å². The van der Waals surface area contributed by atoms with Crippen molar-refractivity contribution in [1.82, 2.24) is 0 Å². The predicted molar refractivity (Wildman–Crippen MR) is 547 cm³/mol. The van der Waals surface area contributed by atoms with Crippen molar-refractivity contribution in [2.45, 2.75) is 232 Å². The maximum absolute atomic E-state index is 10.7. The fraction of sp³-hybridized carbons (Fsp3) is 0.363. The second-order valence-electron chi connectivity index (χ2n) is 38.4. The van der Waals surface area contributed by atoms with E-state index in [-0.39, 0.29) is 124 Å². The van der Waals surface area contributed by atoms with Crippen LogP contribution in [0.3, 0.4) is 0 Å². The number of hydrogen-bond acceptors (Lipinski definition) is 23. The van der Waals surface area contributed by atoms with Gasteiger partial charge >= 0.3 is 0 Å². The van der Waals surface area contributed by atoms with Crippen LogP contribution in [0.4, 0.5) is 0 Å². The highest BCUT2D eigenvalue weighted by molar-refractivity contribution is 5.53. The van der Waals surface area contributed by atoms with Gasteiger partial charge < -0.3 is 116 Å². The van der Waals surface area contributed by atoms with Crippen LogP contribution in [-0.2, 0) is 27.1 Å². The molecule has 0 spiro atoms. The van der Waals surface area contributed by atoms with Crippen LogP contribution < -0.4 is 18.9 Å². The molecule has 23 nitrogen and oxygen atoms in total. The second kappa shape index (κ2) is 56.9. The summed E-state index contributed by atoms with van der Waals surface area (Å²) in [5.41, 5.74) is 7.11. The van der Waals surface area contributed by atoms with Gasteiger partial charge in [-0.15, -0.1) is 0 Å². The zero-order valence-electron chi connectivity index (χ0n) is 84.7. The number of aryl methyl sites for hydroxylation is 4. The molecule has 744 valence electrons. The number of methoxy groups -OCH3 is 3. The third kappa shape index (κ3) is 45.2. The molecule has 0 radical (unpaired) electrons. The number of rotatable bonds is 15. The standard InChI is InChI=1S/C22H38O2.C18H30O2.C10H14O2.C8H10O2.C8H10O.5C7H8O2.2C6H6O2/c1-19(2,3)13-21(7,8)15-11-18(24)16(12-17(15)23)22(9,10)14-20(4,5)6;1-7-9-17(3,4)13-11-16(20)14(12-15(13)19)18(5,6)10-8-2;1-10(2,3)8-6-7(11)4-5-9(8)12;1-2-10-8-6-4-3-5-7(8)9;1-7-5-3-4-6-8(7)9-2;1-9-7-4-2-6(8)3-5-7;1-5-4-6(8)2-3-7(5)9;1-5-2-3-6(8)7(9)4-5;1-9-7-5-3-2-4-6(7)8;1-5-3-2-4-6(8)7(5)9;7-5-1-2-6(8)4-3-5;7-5-3-1-2-4-6(5)8/h11-12,23-24H,13-14H2,1-10H3;11-12,19-20H,7-10H2,1-6H3;4-6,11-12H,1-3H3;3-6,9H,2H2,1H3;3-6H,1-2H3;2-5,8H,1H3;2*2-4,8-9H,1H3;2-5,8H,1H3;2-4,8-9H,1H3;2*1-4,7-8H. The molecule has 12 aromatic carbocycles. The normalized spacial score (nSPS) is 10.8. The first-order valence-electron chi connectivity index (χ1n) is 44.8. The number of phenols is 19. The van der Waals surface area contributed by atoms with E-state index in [9.17, 15) is 30.6 Å². The van der Waals surface area contributed by atoms with Crippen molar-refractivity contribution in [3.63, 3.8) is 0 Å². The minimum absolute atomic E-state index is 0.0301. The van der Waals surface area contributed by atoms with Gasteiger partial charge in [0, 0.05) is 27.8 Å². The first-order valence-corrected chi connectivity index (χ1v) is 44.8. The van der Waals surface area contributed by atoms with E-state index in [0.717, 1.165) is 83.4 Å². The van der Waals surface area contributed by atoms with Crippen molar-refractivity contribution >= 4 is 0 Å². The maximum Gasteiger partial charge on any atom is 0.160 e. The maximum atomic E-state index is 10.7. The molecule has 0 aliphatic carbocycles. The van der Waals surface area contributed by atoms with Crippen LogP contribution in [0, 0.1) is 38.5 Å². The fourth-order valence-electron chi connectivity index (χ4n) is 14.4. The van der Waals surface area contributed by atoms with E-state index in [0.29, 0.717) is 52.2 Å². The van der Waals surface area contributed by atoms with E-state index in [1.807, 2.05) is 71.9 Å². The Balaban J connectivity index is 0.000000757. The number of phenolic OH excluding ortho intramolecular Hbond substituents is 19. The van der Waals surface area contributed by atoms with Crippen molar-refractivity contribution in [2.24, 2.45) is 10.8 Å². The Morgan fingerprint density at radius 1 is 0.235 bits per heavy atom. The van der Waals surface area contributed by atoms with Crippen molar-refractivity contribution in [3.05, 3.63) is 293 Å². The Morgan fingerprint density at radius 3 is 0.853 bits per heavy atom. The third-order valence-electron chi connectivity index (χ3n) is 20.5. The second-order valence-corrected chi connectivity index (χ2v) is 38.4. The molecular formula is C113H154O23. The summed E-state index contributed by atoms with van der Waals surface area (Å²) in [7, 11) is 4.80.